The summed E-state index contributed by atoms with van der Waals surface area (Å²) in [6.45, 7) is 12.0. The molecule has 0 spiro atoms. The number of rotatable bonds is 5. The molecular weight excluding hydrogens is 270 g/mol. The first-order valence-corrected chi connectivity index (χ1v) is 8.43. The van der Waals surface area contributed by atoms with E-state index in [0.29, 0.717) is 0 Å². The van der Waals surface area contributed by atoms with Gasteiger partial charge in [0.05, 0.1) is 6.61 Å². The molecule has 0 aromatic heterocycles. The van der Waals surface area contributed by atoms with E-state index >= 15 is 0 Å². The van der Waals surface area contributed by atoms with Crippen molar-refractivity contribution < 1.29 is 4.74 Å². The van der Waals surface area contributed by atoms with E-state index in [1.807, 2.05) is 27.7 Å². The van der Waals surface area contributed by atoms with Gasteiger partial charge in [-0.3, -0.25) is 0 Å². The molecule has 0 unspecified atom stereocenters. The van der Waals surface area contributed by atoms with Gasteiger partial charge in [-0.05, 0) is 50.3 Å². The fraction of sp³-hybridized carbons (Fsp3) is 0.500. The fourth-order valence-electron chi connectivity index (χ4n) is 2.00. The SMILES string of the molecule is CC.CC.Cc1ccc2cc(OCCCN(C)C)ccc2c1. The molecule has 2 aromatic rings. The molecule has 22 heavy (non-hydrogen) atoms. The van der Waals surface area contributed by atoms with Gasteiger partial charge in [-0.15, -0.1) is 0 Å². The van der Waals surface area contributed by atoms with E-state index < -0.39 is 0 Å². The first-order valence-electron chi connectivity index (χ1n) is 8.43. The Morgan fingerprint density at radius 2 is 1.45 bits per heavy atom. The van der Waals surface area contributed by atoms with Gasteiger partial charge in [0.25, 0.3) is 0 Å². The van der Waals surface area contributed by atoms with Crippen LogP contribution in [0.5, 0.6) is 5.75 Å². The van der Waals surface area contributed by atoms with Gasteiger partial charge < -0.3 is 9.64 Å². The zero-order valence-electron chi connectivity index (χ0n) is 15.4. The van der Waals surface area contributed by atoms with E-state index in [1.165, 1.54) is 16.3 Å². The maximum absolute atomic E-state index is 5.77. The Morgan fingerprint density at radius 3 is 2.09 bits per heavy atom. The Bertz CT molecular complexity index is 520. The minimum atomic E-state index is 0.773. The smallest absolute Gasteiger partial charge is 0.119 e. The van der Waals surface area contributed by atoms with Crippen LogP contribution >= 0.6 is 0 Å². The molecule has 0 amide bonds. The van der Waals surface area contributed by atoms with Gasteiger partial charge >= 0.3 is 0 Å². The molecule has 0 atom stereocenters. The summed E-state index contributed by atoms with van der Waals surface area (Å²) in [4.78, 5) is 2.17. The minimum Gasteiger partial charge on any atom is -0.494 e. The molecule has 124 valence electrons. The van der Waals surface area contributed by atoms with Crippen LogP contribution in [0.15, 0.2) is 36.4 Å². The van der Waals surface area contributed by atoms with Gasteiger partial charge in [0.1, 0.15) is 5.75 Å². The van der Waals surface area contributed by atoms with Gasteiger partial charge in [-0.2, -0.15) is 0 Å². The maximum Gasteiger partial charge on any atom is 0.119 e. The molecule has 2 aromatic carbocycles. The molecule has 2 nitrogen and oxygen atoms in total. The molecule has 0 aliphatic heterocycles. The summed E-state index contributed by atoms with van der Waals surface area (Å²) >= 11 is 0. The summed E-state index contributed by atoms with van der Waals surface area (Å²) in [7, 11) is 4.16. The normalized spacial score (nSPS) is 9.64. The average Bonchev–Trinajstić information content (AvgIpc) is 2.55. The Morgan fingerprint density at radius 1 is 0.864 bits per heavy atom. The zero-order chi connectivity index (χ0) is 17.0. The number of hydrogen-bond acceptors (Lipinski definition) is 2. The number of aryl methyl sites for hydroxylation is 1. The second-order valence-electron chi connectivity index (χ2n) is 5.02. The van der Waals surface area contributed by atoms with Crippen molar-refractivity contribution in [2.75, 3.05) is 27.2 Å². The van der Waals surface area contributed by atoms with Gasteiger partial charge in [-0.1, -0.05) is 57.5 Å². The Kier molecular flexibility index (Phi) is 11.2. The van der Waals surface area contributed by atoms with Crippen molar-refractivity contribution in [1.82, 2.24) is 4.90 Å². The highest BCUT2D eigenvalue weighted by Crippen LogP contribution is 2.21. The predicted octanol–water partition coefficient (Wildman–Crippen LogP) is 5.53. The van der Waals surface area contributed by atoms with E-state index in [0.717, 1.165) is 25.3 Å². The first kappa shape index (κ1) is 20.5. The van der Waals surface area contributed by atoms with Crippen LogP contribution in [0.25, 0.3) is 10.8 Å². The second-order valence-corrected chi connectivity index (χ2v) is 5.02. The third-order valence-corrected chi connectivity index (χ3v) is 2.99. The summed E-state index contributed by atoms with van der Waals surface area (Å²) in [6, 6.07) is 12.8. The van der Waals surface area contributed by atoms with Crippen molar-refractivity contribution in [1.29, 1.82) is 0 Å². The molecule has 0 saturated heterocycles. The topological polar surface area (TPSA) is 12.5 Å². The van der Waals surface area contributed by atoms with Crippen LogP contribution in [0.3, 0.4) is 0 Å². The van der Waals surface area contributed by atoms with Crippen molar-refractivity contribution in [2.45, 2.75) is 41.0 Å². The van der Waals surface area contributed by atoms with E-state index in [4.69, 9.17) is 4.74 Å². The Hall–Kier alpha value is -1.54. The molecule has 2 rings (SSSR count). The molecule has 0 radical (unpaired) electrons. The third kappa shape index (κ3) is 7.46. The molecule has 0 heterocycles. The van der Waals surface area contributed by atoms with Crippen LogP contribution < -0.4 is 4.74 Å². The van der Waals surface area contributed by atoms with Gasteiger partial charge in [0, 0.05) is 6.54 Å². The van der Waals surface area contributed by atoms with E-state index in [9.17, 15) is 0 Å². The number of ether oxygens (including phenoxy) is 1. The van der Waals surface area contributed by atoms with Crippen molar-refractivity contribution in [3.63, 3.8) is 0 Å². The molecule has 0 bridgehead atoms. The summed E-state index contributed by atoms with van der Waals surface area (Å²) in [5, 5.41) is 2.52. The lowest BCUT2D eigenvalue weighted by Crippen LogP contribution is -2.15. The van der Waals surface area contributed by atoms with E-state index in [2.05, 4.69) is 62.3 Å². The molecular formula is C20H33NO. The summed E-state index contributed by atoms with van der Waals surface area (Å²) in [5.41, 5.74) is 1.29. The monoisotopic (exact) mass is 303 g/mol. The Labute approximate surface area is 137 Å². The predicted molar refractivity (Wildman–Crippen MR) is 100 cm³/mol. The van der Waals surface area contributed by atoms with Crippen LogP contribution in [0.2, 0.25) is 0 Å². The summed E-state index contributed by atoms with van der Waals surface area (Å²) in [5.74, 6) is 0.963. The summed E-state index contributed by atoms with van der Waals surface area (Å²) < 4.78 is 5.77. The van der Waals surface area contributed by atoms with Crippen molar-refractivity contribution in [3.8, 4) is 5.75 Å². The molecule has 2 heteroatoms. The lowest BCUT2D eigenvalue weighted by Gasteiger charge is -2.11. The Balaban J connectivity index is 0.00000102. The van der Waals surface area contributed by atoms with E-state index in [1.54, 1.807) is 0 Å². The van der Waals surface area contributed by atoms with Gasteiger partial charge in [0.2, 0.25) is 0 Å². The van der Waals surface area contributed by atoms with Crippen LogP contribution in [0.1, 0.15) is 39.7 Å². The molecule has 0 fully saturated rings. The lowest BCUT2D eigenvalue weighted by atomic mass is 10.1. The zero-order valence-corrected chi connectivity index (χ0v) is 15.4. The first-order chi connectivity index (χ1) is 10.6. The molecule has 0 N–H and O–H groups in total. The lowest BCUT2D eigenvalue weighted by molar-refractivity contribution is 0.282. The molecule has 0 saturated carbocycles. The van der Waals surface area contributed by atoms with Gasteiger partial charge in [-0.25, -0.2) is 0 Å². The standard InChI is InChI=1S/C16H21NO.2C2H6/c1-13-5-6-15-12-16(8-7-14(15)11-13)18-10-4-9-17(2)3;2*1-2/h5-8,11-12H,4,9-10H2,1-3H3;2*1-2H3. The third-order valence-electron chi connectivity index (χ3n) is 2.99. The van der Waals surface area contributed by atoms with Crippen LogP contribution in [-0.4, -0.2) is 32.1 Å². The largest absolute Gasteiger partial charge is 0.494 e. The highest BCUT2D eigenvalue weighted by molar-refractivity contribution is 5.84. The summed E-state index contributed by atoms with van der Waals surface area (Å²) in [6.07, 6.45) is 1.05. The highest BCUT2D eigenvalue weighted by Gasteiger charge is 1.98. The number of benzene rings is 2. The number of nitrogens with zero attached hydrogens (tertiary/aromatic N) is 1. The van der Waals surface area contributed by atoms with Crippen molar-refractivity contribution in [3.05, 3.63) is 42.0 Å². The fourth-order valence-corrected chi connectivity index (χ4v) is 2.00. The number of hydrogen-bond donors (Lipinski definition) is 0. The maximum atomic E-state index is 5.77. The average molecular weight is 303 g/mol. The molecule has 0 aliphatic carbocycles. The van der Waals surface area contributed by atoms with Crippen LogP contribution in [0.4, 0.5) is 0 Å². The number of fused-ring (bicyclic) bond motifs is 1. The quantitative estimate of drug-likeness (QED) is 0.673. The van der Waals surface area contributed by atoms with Crippen molar-refractivity contribution >= 4 is 10.8 Å². The van der Waals surface area contributed by atoms with E-state index in [-0.39, 0.29) is 0 Å². The van der Waals surface area contributed by atoms with Gasteiger partial charge in [0.15, 0.2) is 0 Å². The second kappa shape index (κ2) is 12.0. The molecule has 0 aliphatic rings. The minimum absolute atomic E-state index is 0.773. The van der Waals surface area contributed by atoms with Crippen LogP contribution in [0, 0.1) is 6.92 Å². The highest BCUT2D eigenvalue weighted by atomic mass is 16.5. The van der Waals surface area contributed by atoms with Crippen molar-refractivity contribution in [2.24, 2.45) is 0 Å². The van der Waals surface area contributed by atoms with Crippen LogP contribution in [-0.2, 0) is 0 Å².